The molecule has 1 aliphatic heterocycles. The Bertz CT molecular complexity index is 1930. The van der Waals surface area contributed by atoms with E-state index in [0.717, 1.165) is 13.3 Å². The molecule has 19 nitrogen and oxygen atoms in total. The van der Waals surface area contributed by atoms with Gasteiger partial charge in [0.05, 0.1) is 19.3 Å². The average Bonchev–Trinajstić information content (AvgIpc) is 3.79. The quantitative estimate of drug-likeness (QED) is 0.0568. The van der Waals surface area contributed by atoms with Crippen LogP contribution in [0.5, 0.6) is 0 Å². The lowest BCUT2D eigenvalue weighted by Crippen LogP contribution is -2.60. The zero-order chi connectivity index (χ0) is 46.7. The highest BCUT2D eigenvalue weighted by Gasteiger charge is 2.38. The number of aromatic nitrogens is 2. The van der Waals surface area contributed by atoms with Crippen molar-refractivity contribution in [3.63, 3.8) is 0 Å². The Kier molecular flexibility index (Phi) is 18.4. The van der Waals surface area contributed by atoms with Gasteiger partial charge >= 0.3 is 7.82 Å². The summed E-state index contributed by atoms with van der Waals surface area (Å²) < 4.78 is 19.7. The van der Waals surface area contributed by atoms with E-state index < -0.39 is 73.7 Å². The third kappa shape index (κ3) is 15.6. The Morgan fingerprint density at radius 2 is 1.56 bits per heavy atom. The fourth-order valence-corrected chi connectivity index (χ4v) is 8.79. The number of hydrogen-bond acceptors (Lipinski definition) is 9. The van der Waals surface area contributed by atoms with E-state index in [1.54, 1.807) is 10.8 Å². The number of imidazole rings is 1. The number of carbonyl (C=O) groups is 6. The number of primary amides is 1. The molecule has 0 spiro atoms. The van der Waals surface area contributed by atoms with Gasteiger partial charge in [-0.25, -0.2) is 13.7 Å². The van der Waals surface area contributed by atoms with Crippen LogP contribution in [-0.4, -0.2) is 109 Å². The first-order valence-electron chi connectivity index (χ1n) is 21.0. The number of rotatable bonds is 23. The van der Waals surface area contributed by atoms with Crippen LogP contribution in [0.4, 0.5) is 0 Å². The molecule has 9 N–H and O–H groups in total. The summed E-state index contributed by atoms with van der Waals surface area (Å²) in [5.41, 5.74) is 6.65. The van der Waals surface area contributed by atoms with Gasteiger partial charge in [0.15, 0.2) is 0 Å². The van der Waals surface area contributed by atoms with E-state index >= 15 is 0 Å². The van der Waals surface area contributed by atoms with Gasteiger partial charge in [0, 0.05) is 25.3 Å². The number of hydrogen-bond donors (Lipinski definition) is 8. The number of aliphatic hydroxyl groups excluding tert-OH is 1. The summed E-state index contributed by atoms with van der Waals surface area (Å²) in [6.07, 6.45) is 3.94. The molecule has 0 saturated carbocycles. The summed E-state index contributed by atoms with van der Waals surface area (Å²) in [5.74, 6) is -4.43. The van der Waals surface area contributed by atoms with E-state index in [1.807, 2.05) is 42.9 Å². The maximum atomic E-state index is 14.3. The van der Waals surface area contributed by atoms with E-state index in [9.17, 15) is 48.2 Å². The van der Waals surface area contributed by atoms with E-state index in [-0.39, 0.29) is 48.6 Å². The van der Waals surface area contributed by atoms with E-state index in [2.05, 4.69) is 65.6 Å². The third-order valence-corrected chi connectivity index (χ3v) is 11.5. The van der Waals surface area contributed by atoms with Crippen molar-refractivity contribution in [2.75, 3.05) is 13.2 Å². The lowest BCUT2D eigenvalue weighted by Gasteiger charge is -2.34. The highest BCUT2D eigenvalue weighted by molar-refractivity contribution is 7.46. The van der Waals surface area contributed by atoms with Crippen LogP contribution in [0.25, 0.3) is 0 Å². The number of amides is 6. The summed E-state index contributed by atoms with van der Waals surface area (Å²) in [6.45, 7) is 17.1. The lowest BCUT2D eigenvalue weighted by molar-refractivity contribution is -0.697. The molecule has 0 aliphatic carbocycles. The molecule has 6 unspecified atom stereocenters. The molecule has 2 heterocycles. The number of phosphoric acid groups is 1. The van der Waals surface area contributed by atoms with Crippen molar-refractivity contribution in [3.05, 3.63) is 54.1 Å². The van der Waals surface area contributed by atoms with Gasteiger partial charge in [0.1, 0.15) is 48.6 Å². The van der Waals surface area contributed by atoms with E-state index in [1.165, 1.54) is 24.3 Å². The number of likely N-dealkylation sites (tertiary alicyclic amines) is 1. The first-order chi connectivity index (χ1) is 28.7. The predicted octanol–water partition coefficient (Wildman–Crippen LogP) is 0.704. The Balaban J connectivity index is 1.99. The molecule has 0 radical (unpaired) electrons. The largest absolute Gasteiger partial charge is 0.469 e. The van der Waals surface area contributed by atoms with Crippen molar-refractivity contribution in [3.8, 4) is 0 Å². The second-order valence-electron chi connectivity index (χ2n) is 18.2. The van der Waals surface area contributed by atoms with Crippen LogP contribution in [0.15, 0.2) is 42.9 Å². The Hall–Kier alpha value is -4.68. The van der Waals surface area contributed by atoms with Crippen LogP contribution in [0.3, 0.4) is 0 Å². The second kappa shape index (κ2) is 22.1. The van der Waals surface area contributed by atoms with Crippen LogP contribution in [0, 0.1) is 11.3 Å². The molecule has 6 atom stereocenters. The van der Waals surface area contributed by atoms with Gasteiger partial charge in [-0.15, -0.1) is 0 Å². The number of carbonyl (C=O) groups excluding carboxylic acids is 6. The highest BCUT2D eigenvalue weighted by Crippen LogP contribution is 2.39. The molecular formula is C42H68N8O11P+. The topological polar surface area (TPSA) is 276 Å². The molecule has 2 aromatic rings. The number of benzene rings is 1. The van der Waals surface area contributed by atoms with Crippen molar-refractivity contribution < 1.29 is 57.3 Å². The molecule has 62 heavy (non-hydrogen) atoms. The van der Waals surface area contributed by atoms with Crippen LogP contribution in [0.1, 0.15) is 99.3 Å². The minimum Gasteiger partial charge on any atom is -0.392 e. The van der Waals surface area contributed by atoms with Gasteiger partial charge in [-0.2, -0.15) is 0 Å². The van der Waals surface area contributed by atoms with Crippen molar-refractivity contribution >= 4 is 43.3 Å². The number of nitrogens with zero attached hydrogens (tertiary/aromatic N) is 3. The molecule has 1 aromatic heterocycles. The molecule has 6 amide bonds. The summed E-state index contributed by atoms with van der Waals surface area (Å²) in [6, 6.07) is 3.87. The highest BCUT2D eigenvalue weighted by atomic mass is 31.2. The summed E-state index contributed by atoms with van der Waals surface area (Å²) in [7, 11) is -5.08. The van der Waals surface area contributed by atoms with Crippen LogP contribution in [-0.2, 0) is 62.8 Å². The minimum atomic E-state index is -5.08. The third-order valence-electron chi connectivity index (χ3n) is 10.9. The number of phosphoric ester groups is 1. The van der Waals surface area contributed by atoms with Gasteiger partial charge in [-0.05, 0) is 56.4 Å². The average molecular weight is 892 g/mol. The minimum absolute atomic E-state index is 0.0817. The maximum absolute atomic E-state index is 14.3. The Morgan fingerprint density at radius 3 is 2.13 bits per heavy atom. The second-order valence-corrected chi connectivity index (χ2v) is 19.4. The summed E-state index contributed by atoms with van der Waals surface area (Å²) >= 11 is 0. The number of nitrogens with one attached hydrogen (secondary N) is 4. The van der Waals surface area contributed by atoms with Gasteiger partial charge in [-0.1, -0.05) is 71.9 Å². The standard InChI is InChI=1S/C42H67N8O11P/c1-26(2)20-32(46-40(57)34-16-13-17-50(34)29(5)52)39(56)45-33(38(55)44-27(3)37(54)47-35(36(43)53)28(4)61-62(58,59)60)21-31-22-48(18-19-51)25-49(31)24-41(6,7)23-42(8,9)30-14-11-10-12-15-30/h10-12,14-15,22,25-28,32-35,51H,13,16-21,23-24H2,1-9H3,(H7-,43,44,45,46,47,53,54,55,56,57,58,59,60)/p+1. The Labute approximate surface area is 364 Å². The first kappa shape index (κ1) is 51.7. The van der Waals surface area contributed by atoms with Crippen LogP contribution < -0.4 is 31.6 Å². The molecular weight excluding hydrogens is 823 g/mol. The molecule has 3 rings (SSSR count). The molecule has 20 heteroatoms. The fraction of sp³-hybridized carbons (Fsp3) is 0.643. The normalized spacial score (nSPS) is 17.1. The summed E-state index contributed by atoms with van der Waals surface area (Å²) in [4.78, 5) is 99.9. The van der Waals surface area contributed by atoms with Crippen molar-refractivity contribution in [1.29, 1.82) is 0 Å². The first-order valence-corrected chi connectivity index (χ1v) is 22.5. The van der Waals surface area contributed by atoms with Crippen LogP contribution >= 0.6 is 7.82 Å². The SMILES string of the molecule is CC(=O)N1CCCC1C(=O)NC(CC(C)C)C(=O)NC(Cc1c[n+](CCO)cn1CC(C)(C)CC(C)(C)c1ccccc1)C(=O)NC(C)C(=O)NC(C(N)=O)C(C)OP(=O)(O)O. The van der Waals surface area contributed by atoms with E-state index in [4.69, 9.17) is 5.73 Å². The van der Waals surface area contributed by atoms with Crippen molar-refractivity contribution in [1.82, 2.24) is 30.7 Å². The van der Waals surface area contributed by atoms with Gasteiger partial charge in [-0.3, -0.25) is 33.3 Å². The molecule has 0 bridgehead atoms. The predicted molar refractivity (Wildman–Crippen MR) is 228 cm³/mol. The van der Waals surface area contributed by atoms with Gasteiger partial charge < -0.3 is 46.8 Å². The number of aliphatic hydroxyl groups is 1. The van der Waals surface area contributed by atoms with Gasteiger partial charge in [0.2, 0.25) is 41.8 Å². The Morgan fingerprint density at radius 1 is 0.935 bits per heavy atom. The molecule has 1 fully saturated rings. The molecule has 346 valence electrons. The van der Waals surface area contributed by atoms with Crippen LogP contribution in [0.2, 0.25) is 0 Å². The number of nitrogens with two attached hydrogens (primary N) is 1. The monoisotopic (exact) mass is 891 g/mol. The molecule has 1 aliphatic rings. The van der Waals surface area contributed by atoms with Crippen molar-refractivity contribution in [2.24, 2.45) is 17.1 Å². The molecule has 1 aromatic carbocycles. The lowest BCUT2D eigenvalue weighted by atomic mass is 9.71. The van der Waals surface area contributed by atoms with E-state index in [0.29, 0.717) is 31.6 Å². The zero-order valence-electron chi connectivity index (χ0n) is 37.4. The van der Waals surface area contributed by atoms with Crippen molar-refractivity contribution in [2.45, 2.75) is 149 Å². The summed E-state index contributed by atoms with van der Waals surface area (Å²) in [5, 5.41) is 20.3. The molecule has 1 saturated heterocycles. The van der Waals surface area contributed by atoms with Gasteiger partial charge in [0.25, 0.3) is 0 Å². The smallest absolute Gasteiger partial charge is 0.392 e. The fourth-order valence-electron chi connectivity index (χ4n) is 8.24. The maximum Gasteiger partial charge on any atom is 0.469 e. The zero-order valence-corrected chi connectivity index (χ0v) is 38.3.